The molecule has 3 aromatic carbocycles. The van der Waals surface area contributed by atoms with Gasteiger partial charge in [0.15, 0.2) is 6.20 Å². The van der Waals surface area contributed by atoms with Gasteiger partial charge in [-0.05, 0) is 54.4 Å². The molecule has 176 valence electrons. The second-order valence-corrected chi connectivity index (χ2v) is 8.81. The highest BCUT2D eigenvalue weighted by Crippen LogP contribution is 2.30. The van der Waals surface area contributed by atoms with Gasteiger partial charge in [-0.25, -0.2) is 9.78 Å². The smallest absolute Gasteiger partial charge is 0.335 e. The maximum absolute atomic E-state index is 13.3. The first kappa shape index (κ1) is 23.1. The van der Waals surface area contributed by atoms with E-state index in [1.54, 1.807) is 36.4 Å². The number of carboxylic acid groups (broad SMARTS) is 1. The van der Waals surface area contributed by atoms with E-state index in [2.05, 4.69) is 16.0 Å². The summed E-state index contributed by atoms with van der Waals surface area (Å²) in [7, 11) is 0. The number of hydrogen-bond acceptors (Lipinski definition) is 4. The molecule has 7 nitrogen and oxygen atoms in total. The number of aromatic nitrogens is 3. The molecule has 36 heavy (non-hydrogen) atoms. The molecule has 0 amide bonds. The number of nitriles is 1. The number of benzene rings is 3. The van der Waals surface area contributed by atoms with Crippen molar-refractivity contribution in [2.24, 2.45) is 0 Å². The van der Waals surface area contributed by atoms with Gasteiger partial charge in [0.2, 0.25) is 5.69 Å². The Morgan fingerprint density at radius 1 is 1.11 bits per heavy atom. The summed E-state index contributed by atoms with van der Waals surface area (Å²) in [5.41, 5.74) is 4.37. The van der Waals surface area contributed by atoms with E-state index in [1.165, 1.54) is 18.3 Å². The zero-order valence-corrected chi connectivity index (χ0v) is 19.6. The lowest BCUT2D eigenvalue weighted by atomic mass is 9.93. The quantitative estimate of drug-likeness (QED) is 0.240. The van der Waals surface area contributed by atoms with Crippen LogP contribution in [0.5, 0.6) is 0 Å². The number of nitrogens with zero attached hydrogens (tertiary/aromatic N) is 3. The van der Waals surface area contributed by atoms with Crippen LogP contribution in [0.3, 0.4) is 0 Å². The molecule has 0 radical (unpaired) electrons. The maximum atomic E-state index is 13.3. The van der Waals surface area contributed by atoms with Crippen LogP contribution >= 0.6 is 11.6 Å². The molecule has 0 bridgehead atoms. The first-order valence-corrected chi connectivity index (χ1v) is 11.5. The maximum Gasteiger partial charge on any atom is 0.335 e. The van der Waals surface area contributed by atoms with E-state index in [4.69, 9.17) is 11.6 Å². The molecule has 0 aliphatic heterocycles. The molecule has 0 saturated carbocycles. The monoisotopic (exact) mass is 494 g/mol. The van der Waals surface area contributed by atoms with Crippen LogP contribution in [-0.2, 0) is 6.42 Å². The highest BCUT2D eigenvalue weighted by atomic mass is 35.5. The predicted octanol–water partition coefficient (Wildman–Crippen LogP) is 5.46. The number of pyridine rings is 1. The largest absolute Gasteiger partial charge is 0.618 e. The van der Waals surface area contributed by atoms with Crippen molar-refractivity contribution < 1.29 is 14.6 Å². The normalized spacial score (nSPS) is 11.8. The van der Waals surface area contributed by atoms with Crippen molar-refractivity contribution in [2.45, 2.75) is 12.3 Å². The minimum atomic E-state index is -1.03. The summed E-state index contributed by atoms with van der Waals surface area (Å²) in [4.78, 5) is 19.3. The van der Waals surface area contributed by atoms with Gasteiger partial charge < -0.3 is 15.3 Å². The van der Waals surface area contributed by atoms with E-state index in [9.17, 15) is 20.4 Å². The van der Waals surface area contributed by atoms with Gasteiger partial charge in [-0.1, -0.05) is 41.9 Å². The molecule has 0 saturated heterocycles. The van der Waals surface area contributed by atoms with Gasteiger partial charge in [0, 0.05) is 22.2 Å². The number of halogens is 1. The van der Waals surface area contributed by atoms with Crippen molar-refractivity contribution in [2.75, 3.05) is 0 Å². The van der Waals surface area contributed by atoms with Crippen LogP contribution in [0.25, 0.3) is 22.2 Å². The molecule has 0 spiro atoms. The van der Waals surface area contributed by atoms with Crippen LogP contribution in [0.15, 0.2) is 85.1 Å². The van der Waals surface area contributed by atoms with E-state index in [0.717, 1.165) is 10.3 Å². The Balaban J connectivity index is 1.61. The first-order valence-electron chi connectivity index (χ1n) is 11.1. The summed E-state index contributed by atoms with van der Waals surface area (Å²) in [6.07, 6.45) is 1.93. The SMILES string of the molecule is N#Cc1ccc(Cl)cc1-c1ccc([C@@H](Cc2ccccc2)c2nc3ccc(C(=O)O)cc3[nH]2)[n+]([O-])c1. The Hall–Kier alpha value is -4.67. The fraction of sp³-hybridized carbons (Fsp3) is 0.0714. The lowest BCUT2D eigenvalue weighted by Crippen LogP contribution is -2.34. The van der Waals surface area contributed by atoms with Gasteiger partial charge in [0.05, 0.1) is 28.2 Å². The molecule has 2 aromatic heterocycles. The summed E-state index contributed by atoms with van der Waals surface area (Å²) >= 11 is 6.14. The third kappa shape index (κ3) is 4.50. The van der Waals surface area contributed by atoms with Crippen LogP contribution in [0.2, 0.25) is 5.02 Å². The van der Waals surface area contributed by atoms with Crippen molar-refractivity contribution in [3.05, 3.63) is 123 Å². The van der Waals surface area contributed by atoms with E-state index < -0.39 is 11.9 Å². The Morgan fingerprint density at radius 3 is 2.64 bits per heavy atom. The van der Waals surface area contributed by atoms with Crippen molar-refractivity contribution in [1.82, 2.24) is 9.97 Å². The third-order valence-corrected chi connectivity index (χ3v) is 6.31. The summed E-state index contributed by atoms with van der Waals surface area (Å²) in [6.45, 7) is 0. The molecular formula is C28H19ClN4O3. The van der Waals surface area contributed by atoms with Crippen LogP contribution in [0, 0.1) is 16.5 Å². The summed E-state index contributed by atoms with van der Waals surface area (Å²) in [5, 5.41) is 32.6. The lowest BCUT2D eigenvalue weighted by Gasteiger charge is -2.16. The molecule has 2 heterocycles. The minimum absolute atomic E-state index is 0.148. The van der Waals surface area contributed by atoms with Crippen LogP contribution < -0.4 is 4.73 Å². The zero-order chi connectivity index (χ0) is 25.2. The molecule has 0 fully saturated rings. The third-order valence-electron chi connectivity index (χ3n) is 6.07. The average molecular weight is 495 g/mol. The Labute approximate surface area is 211 Å². The number of nitrogens with one attached hydrogen (secondary N) is 1. The van der Waals surface area contributed by atoms with Crippen molar-refractivity contribution in [3.63, 3.8) is 0 Å². The number of aromatic amines is 1. The highest BCUT2D eigenvalue weighted by molar-refractivity contribution is 6.30. The Kier molecular flexibility index (Phi) is 6.11. The number of hydrogen-bond donors (Lipinski definition) is 2. The van der Waals surface area contributed by atoms with Gasteiger partial charge in [-0.3, -0.25) is 0 Å². The fourth-order valence-electron chi connectivity index (χ4n) is 4.29. The van der Waals surface area contributed by atoms with E-state index in [-0.39, 0.29) is 5.56 Å². The number of rotatable bonds is 6. The van der Waals surface area contributed by atoms with Crippen molar-refractivity contribution in [1.29, 1.82) is 5.26 Å². The second-order valence-electron chi connectivity index (χ2n) is 8.37. The van der Waals surface area contributed by atoms with Gasteiger partial charge in [-0.15, -0.1) is 0 Å². The molecular weight excluding hydrogens is 476 g/mol. The van der Waals surface area contributed by atoms with E-state index in [1.807, 2.05) is 30.3 Å². The summed E-state index contributed by atoms with van der Waals surface area (Å²) in [5.74, 6) is -0.914. The molecule has 1 atom stereocenters. The second kappa shape index (κ2) is 9.53. The highest BCUT2D eigenvalue weighted by Gasteiger charge is 2.27. The number of aromatic carboxylic acids is 1. The zero-order valence-electron chi connectivity index (χ0n) is 18.9. The first-order chi connectivity index (χ1) is 17.4. The molecule has 0 unspecified atom stereocenters. The lowest BCUT2D eigenvalue weighted by molar-refractivity contribution is -0.614. The Bertz CT molecular complexity index is 1640. The fourth-order valence-corrected chi connectivity index (χ4v) is 4.47. The molecule has 2 N–H and O–H groups in total. The predicted molar refractivity (Wildman–Crippen MR) is 136 cm³/mol. The molecule has 8 heteroatoms. The Morgan fingerprint density at radius 2 is 1.92 bits per heavy atom. The standard InChI is InChI=1S/C28H19ClN4O3/c29-21-9-6-19(15-30)22(14-21)20-8-11-26(33(36)16-20)23(12-17-4-2-1-3-5-17)27-31-24-10-7-18(28(34)35)13-25(24)32-27/h1-11,13-14,16,23H,12H2,(H,31,32)(H,34,35)/t23-/m1/s1. The number of imidazole rings is 1. The molecule has 0 aliphatic rings. The van der Waals surface area contributed by atoms with E-state index >= 15 is 0 Å². The number of carboxylic acids is 1. The average Bonchev–Trinajstić information content (AvgIpc) is 3.31. The van der Waals surface area contributed by atoms with Gasteiger partial charge in [0.1, 0.15) is 11.7 Å². The summed E-state index contributed by atoms with van der Waals surface area (Å²) in [6, 6.07) is 25.0. The van der Waals surface area contributed by atoms with Crippen LogP contribution in [0.4, 0.5) is 0 Å². The molecule has 5 aromatic rings. The molecule has 0 aliphatic carbocycles. The number of carbonyl (C=O) groups is 1. The van der Waals surface area contributed by atoms with Gasteiger partial charge in [-0.2, -0.15) is 9.99 Å². The van der Waals surface area contributed by atoms with Gasteiger partial charge >= 0.3 is 5.97 Å². The van der Waals surface area contributed by atoms with Crippen molar-refractivity contribution in [3.8, 4) is 17.2 Å². The van der Waals surface area contributed by atoms with Crippen LogP contribution in [-0.4, -0.2) is 21.0 Å². The van der Waals surface area contributed by atoms with Gasteiger partial charge in [0.25, 0.3) is 0 Å². The number of H-pyrrole nitrogens is 1. The summed E-state index contributed by atoms with van der Waals surface area (Å²) < 4.78 is 0.793. The minimum Gasteiger partial charge on any atom is -0.618 e. The van der Waals surface area contributed by atoms with Crippen LogP contribution in [0.1, 0.15) is 38.9 Å². The van der Waals surface area contributed by atoms with Crippen molar-refractivity contribution >= 4 is 28.6 Å². The van der Waals surface area contributed by atoms with E-state index in [0.29, 0.717) is 50.7 Å². The number of fused-ring (bicyclic) bond motifs is 1. The topological polar surface area (TPSA) is 117 Å². The molecule has 5 rings (SSSR count).